The van der Waals surface area contributed by atoms with E-state index in [9.17, 15) is 4.79 Å². The van der Waals surface area contributed by atoms with Crippen LogP contribution in [0.15, 0.2) is 16.8 Å². The number of hydrogen-bond donors (Lipinski definition) is 1. The molecule has 1 amide bonds. The molecule has 0 saturated heterocycles. The average molecular weight is 165 g/mol. The highest BCUT2D eigenvalue weighted by atomic mass is 16.5. The maximum Gasteiger partial charge on any atom is 0.290 e. The van der Waals surface area contributed by atoms with Crippen molar-refractivity contribution in [3.63, 3.8) is 0 Å². The van der Waals surface area contributed by atoms with Crippen molar-refractivity contribution < 1.29 is 9.32 Å². The molecule has 0 saturated carbocycles. The fraction of sp³-hybridized carbons (Fsp3) is 0.286. The molecular formula is C7H7N3O2. The third-order valence-corrected chi connectivity index (χ3v) is 1.20. The molecule has 5 heteroatoms. The monoisotopic (exact) mass is 165 g/mol. The van der Waals surface area contributed by atoms with Crippen LogP contribution < -0.4 is 5.32 Å². The number of carbonyl (C=O) groups excluding carboxylic acids is 1. The fourth-order valence-corrected chi connectivity index (χ4v) is 0.633. The van der Waals surface area contributed by atoms with Gasteiger partial charge in [0.1, 0.15) is 6.04 Å². The van der Waals surface area contributed by atoms with E-state index in [4.69, 9.17) is 5.26 Å². The van der Waals surface area contributed by atoms with Crippen LogP contribution >= 0.6 is 0 Å². The molecule has 1 unspecified atom stereocenters. The van der Waals surface area contributed by atoms with Gasteiger partial charge in [-0.2, -0.15) is 5.26 Å². The number of aromatic nitrogens is 1. The van der Waals surface area contributed by atoms with E-state index in [2.05, 4.69) is 15.0 Å². The number of carbonyl (C=O) groups is 1. The molecule has 1 heterocycles. The second kappa shape index (κ2) is 3.53. The summed E-state index contributed by atoms with van der Waals surface area (Å²) in [5, 5.41) is 14.1. The minimum atomic E-state index is -0.525. The number of hydrogen-bond acceptors (Lipinski definition) is 4. The van der Waals surface area contributed by atoms with Gasteiger partial charge in [0, 0.05) is 6.07 Å². The van der Waals surface area contributed by atoms with Crippen LogP contribution in [0.3, 0.4) is 0 Å². The lowest BCUT2D eigenvalue weighted by atomic mass is 10.3. The van der Waals surface area contributed by atoms with Crippen LogP contribution in [0.4, 0.5) is 0 Å². The molecule has 0 spiro atoms. The summed E-state index contributed by atoms with van der Waals surface area (Å²) in [5.41, 5.74) is 0. The Bertz CT molecular complexity index is 299. The van der Waals surface area contributed by atoms with Crippen molar-refractivity contribution in [3.05, 3.63) is 18.0 Å². The van der Waals surface area contributed by atoms with Crippen LogP contribution in [0, 0.1) is 11.3 Å². The highest BCUT2D eigenvalue weighted by Crippen LogP contribution is 1.96. The van der Waals surface area contributed by atoms with Gasteiger partial charge in [0.05, 0.1) is 12.3 Å². The molecule has 0 aliphatic rings. The van der Waals surface area contributed by atoms with Gasteiger partial charge in [0.2, 0.25) is 5.76 Å². The van der Waals surface area contributed by atoms with E-state index in [1.54, 1.807) is 6.92 Å². The van der Waals surface area contributed by atoms with Gasteiger partial charge in [0.15, 0.2) is 0 Å². The molecule has 12 heavy (non-hydrogen) atoms. The minimum Gasteiger partial charge on any atom is -0.351 e. The predicted molar refractivity (Wildman–Crippen MR) is 39.0 cm³/mol. The Morgan fingerprint density at radius 2 is 2.67 bits per heavy atom. The smallest absolute Gasteiger partial charge is 0.290 e. The molecule has 0 radical (unpaired) electrons. The first-order valence-electron chi connectivity index (χ1n) is 3.35. The normalized spacial score (nSPS) is 11.7. The Labute approximate surface area is 69.0 Å². The van der Waals surface area contributed by atoms with Gasteiger partial charge in [-0.15, -0.1) is 0 Å². The van der Waals surface area contributed by atoms with Crippen LogP contribution in [0.25, 0.3) is 0 Å². The van der Waals surface area contributed by atoms with Crippen molar-refractivity contribution in [2.75, 3.05) is 0 Å². The number of rotatable bonds is 2. The van der Waals surface area contributed by atoms with Gasteiger partial charge in [-0.1, -0.05) is 5.16 Å². The van der Waals surface area contributed by atoms with Gasteiger partial charge in [0.25, 0.3) is 5.91 Å². The van der Waals surface area contributed by atoms with E-state index in [0.29, 0.717) is 0 Å². The Balaban J connectivity index is 2.57. The second-order valence-electron chi connectivity index (χ2n) is 2.20. The molecule has 62 valence electrons. The second-order valence-corrected chi connectivity index (χ2v) is 2.20. The maximum atomic E-state index is 11.1. The molecule has 1 N–H and O–H groups in total. The average Bonchev–Trinajstić information content (AvgIpc) is 2.56. The zero-order valence-corrected chi connectivity index (χ0v) is 6.44. The standard InChI is InChI=1S/C7H7N3O2/c1-5(4-8)10-7(11)6-2-3-9-12-6/h2-3,5H,1H3,(H,10,11). The molecule has 0 aliphatic heterocycles. The van der Waals surface area contributed by atoms with E-state index in [1.165, 1.54) is 12.3 Å². The summed E-state index contributed by atoms with van der Waals surface area (Å²) in [5.74, 6) is -0.321. The molecule has 1 aromatic heterocycles. The van der Waals surface area contributed by atoms with E-state index in [-0.39, 0.29) is 5.76 Å². The fourth-order valence-electron chi connectivity index (χ4n) is 0.633. The van der Waals surface area contributed by atoms with Crippen molar-refractivity contribution in [2.45, 2.75) is 13.0 Å². The van der Waals surface area contributed by atoms with Crippen LogP contribution in [0.1, 0.15) is 17.5 Å². The molecule has 0 aromatic carbocycles. The molecular weight excluding hydrogens is 158 g/mol. The van der Waals surface area contributed by atoms with Gasteiger partial charge < -0.3 is 9.84 Å². The summed E-state index contributed by atoms with van der Waals surface area (Å²) in [4.78, 5) is 11.1. The van der Waals surface area contributed by atoms with Crippen molar-refractivity contribution in [1.82, 2.24) is 10.5 Å². The third-order valence-electron chi connectivity index (χ3n) is 1.20. The lowest BCUT2D eigenvalue weighted by molar-refractivity contribution is 0.0911. The zero-order chi connectivity index (χ0) is 8.97. The lowest BCUT2D eigenvalue weighted by Gasteiger charge is -2.01. The Kier molecular flexibility index (Phi) is 2.43. The largest absolute Gasteiger partial charge is 0.351 e. The molecule has 1 rings (SSSR count). The van der Waals surface area contributed by atoms with Crippen molar-refractivity contribution in [2.24, 2.45) is 0 Å². The molecule has 0 bridgehead atoms. The Morgan fingerprint density at radius 3 is 3.17 bits per heavy atom. The molecule has 1 atom stereocenters. The minimum absolute atomic E-state index is 0.108. The number of nitrogens with one attached hydrogen (secondary N) is 1. The predicted octanol–water partition coefficient (Wildman–Crippen LogP) is 0.316. The highest BCUT2D eigenvalue weighted by Gasteiger charge is 2.11. The first-order valence-corrected chi connectivity index (χ1v) is 3.35. The van der Waals surface area contributed by atoms with Crippen LogP contribution in [0.2, 0.25) is 0 Å². The Morgan fingerprint density at radius 1 is 1.92 bits per heavy atom. The van der Waals surface area contributed by atoms with E-state index in [0.717, 1.165) is 0 Å². The van der Waals surface area contributed by atoms with Crippen LogP contribution in [-0.4, -0.2) is 17.1 Å². The summed E-state index contributed by atoms with van der Waals surface area (Å²) in [7, 11) is 0. The highest BCUT2D eigenvalue weighted by molar-refractivity contribution is 5.91. The number of nitriles is 1. The summed E-state index contributed by atoms with van der Waals surface area (Å²) < 4.78 is 4.57. The first kappa shape index (κ1) is 8.27. The number of amides is 1. The topological polar surface area (TPSA) is 78.9 Å². The molecule has 0 aliphatic carbocycles. The van der Waals surface area contributed by atoms with E-state index >= 15 is 0 Å². The lowest BCUT2D eigenvalue weighted by Crippen LogP contribution is -2.30. The summed E-state index contributed by atoms with van der Waals surface area (Å²) in [6, 6.07) is 2.77. The van der Waals surface area contributed by atoms with Crippen molar-refractivity contribution in [1.29, 1.82) is 5.26 Å². The van der Waals surface area contributed by atoms with Gasteiger partial charge in [-0.3, -0.25) is 4.79 Å². The summed E-state index contributed by atoms with van der Waals surface area (Å²) in [6.45, 7) is 1.58. The summed E-state index contributed by atoms with van der Waals surface area (Å²) in [6.07, 6.45) is 1.37. The van der Waals surface area contributed by atoms with Gasteiger partial charge in [-0.05, 0) is 6.92 Å². The molecule has 0 fully saturated rings. The molecule has 1 aromatic rings. The zero-order valence-electron chi connectivity index (χ0n) is 6.44. The Hall–Kier alpha value is -1.83. The van der Waals surface area contributed by atoms with Crippen LogP contribution in [0.5, 0.6) is 0 Å². The molecule has 5 nitrogen and oxygen atoms in total. The SMILES string of the molecule is CC(C#N)NC(=O)c1ccno1. The van der Waals surface area contributed by atoms with E-state index < -0.39 is 11.9 Å². The number of nitrogens with zero attached hydrogens (tertiary/aromatic N) is 2. The van der Waals surface area contributed by atoms with Crippen LogP contribution in [-0.2, 0) is 0 Å². The maximum absolute atomic E-state index is 11.1. The van der Waals surface area contributed by atoms with Crippen molar-refractivity contribution >= 4 is 5.91 Å². The van der Waals surface area contributed by atoms with Crippen molar-refractivity contribution in [3.8, 4) is 6.07 Å². The van der Waals surface area contributed by atoms with Gasteiger partial charge >= 0.3 is 0 Å². The van der Waals surface area contributed by atoms with Gasteiger partial charge in [-0.25, -0.2) is 0 Å². The third kappa shape index (κ3) is 1.83. The summed E-state index contributed by atoms with van der Waals surface area (Å²) >= 11 is 0. The quantitative estimate of drug-likeness (QED) is 0.684. The first-order chi connectivity index (χ1) is 5.74. The van der Waals surface area contributed by atoms with E-state index in [1.807, 2.05) is 6.07 Å².